The van der Waals surface area contributed by atoms with Crippen LogP contribution in [0.1, 0.15) is 37.9 Å². The third-order valence-corrected chi connectivity index (χ3v) is 3.28. The maximum absolute atomic E-state index is 12.9. The molecule has 1 atom stereocenters. The molecule has 1 unspecified atom stereocenters. The van der Waals surface area contributed by atoms with Crippen molar-refractivity contribution in [3.05, 3.63) is 35.6 Å². The van der Waals surface area contributed by atoms with Crippen LogP contribution in [0.25, 0.3) is 0 Å². The van der Waals surface area contributed by atoms with Gasteiger partial charge in [-0.1, -0.05) is 31.9 Å². The molecule has 0 fully saturated rings. The van der Waals surface area contributed by atoms with Crippen molar-refractivity contribution in [2.75, 3.05) is 27.2 Å². The minimum absolute atomic E-state index is 0.139. The molecule has 0 aromatic heterocycles. The van der Waals surface area contributed by atoms with Gasteiger partial charge in [0.1, 0.15) is 5.82 Å². The molecule has 118 valence electrons. The number of halogens is 1. The van der Waals surface area contributed by atoms with E-state index in [0.717, 1.165) is 24.5 Å². The molecule has 2 N–H and O–H groups in total. The minimum Gasteiger partial charge on any atom is -0.375 e. The molecule has 1 aromatic rings. The van der Waals surface area contributed by atoms with Crippen LogP contribution in [0.5, 0.6) is 0 Å². The summed E-state index contributed by atoms with van der Waals surface area (Å²) in [6, 6.07) is 6.36. The van der Waals surface area contributed by atoms with Crippen molar-refractivity contribution in [2.24, 2.45) is 4.99 Å². The van der Waals surface area contributed by atoms with Crippen LogP contribution < -0.4 is 10.6 Å². The van der Waals surface area contributed by atoms with Gasteiger partial charge in [0.05, 0.1) is 6.10 Å². The zero-order chi connectivity index (χ0) is 15.5. The lowest BCUT2D eigenvalue weighted by Crippen LogP contribution is -2.40. The van der Waals surface area contributed by atoms with Gasteiger partial charge >= 0.3 is 0 Å². The highest BCUT2D eigenvalue weighted by atomic mass is 19.1. The molecule has 4 nitrogen and oxygen atoms in total. The average Bonchev–Trinajstić information content (AvgIpc) is 2.51. The fourth-order valence-electron chi connectivity index (χ4n) is 2.01. The van der Waals surface area contributed by atoms with Crippen molar-refractivity contribution in [3.8, 4) is 0 Å². The monoisotopic (exact) mass is 295 g/mol. The molecular weight excluding hydrogens is 269 g/mol. The second-order valence-corrected chi connectivity index (χ2v) is 4.86. The molecular formula is C16H26FN3O. The molecule has 0 aliphatic heterocycles. The standard InChI is InChI=1S/C16H26FN3O/c1-4-5-6-11-19-16(18-2)20-12-15(21-3)13-7-9-14(17)10-8-13/h7-10,15H,4-6,11-12H2,1-3H3,(H2,18,19,20). The molecule has 1 rings (SSSR count). The second-order valence-electron chi connectivity index (χ2n) is 4.86. The summed E-state index contributed by atoms with van der Waals surface area (Å²) >= 11 is 0. The molecule has 0 aliphatic carbocycles. The summed E-state index contributed by atoms with van der Waals surface area (Å²) < 4.78 is 18.4. The zero-order valence-corrected chi connectivity index (χ0v) is 13.2. The Morgan fingerprint density at radius 1 is 1.24 bits per heavy atom. The van der Waals surface area contributed by atoms with Crippen molar-refractivity contribution >= 4 is 5.96 Å². The van der Waals surface area contributed by atoms with Crippen LogP contribution in [0.3, 0.4) is 0 Å². The topological polar surface area (TPSA) is 45.7 Å². The van der Waals surface area contributed by atoms with Gasteiger partial charge in [0.2, 0.25) is 0 Å². The van der Waals surface area contributed by atoms with Gasteiger partial charge < -0.3 is 15.4 Å². The molecule has 0 bridgehead atoms. The van der Waals surface area contributed by atoms with Crippen molar-refractivity contribution in [3.63, 3.8) is 0 Å². The van der Waals surface area contributed by atoms with E-state index in [1.54, 1.807) is 26.3 Å². The van der Waals surface area contributed by atoms with Crippen LogP contribution >= 0.6 is 0 Å². The van der Waals surface area contributed by atoms with Gasteiger partial charge in [-0.25, -0.2) is 4.39 Å². The lowest BCUT2D eigenvalue weighted by Gasteiger charge is -2.18. The zero-order valence-electron chi connectivity index (χ0n) is 13.2. The molecule has 1 aromatic carbocycles. The van der Waals surface area contributed by atoms with Crippen LogP contribution in [-0.2, 0) is 4.74 Å². The van der Waals surface area contributed by atoms with Crippen LogP contribution in [0.2, 0.25) is 0 Å². The largest absolute Gasteiger partial charge is 0.375 e. The Morgan fingerprint density at radius 2 is 1.95 bits per heavy atom. The van der Waals surface area contributed by atoms with Gasteiger partial charge in [0.25, 0.3) is 0 Å². The van der Waals surface area contributed by atoms with E-state index in [1.165, 1.54) is 25.0 Å². The number of ether oxygens (including phenoxy) is 1. The predicted octanol–water partition coefficient (Wildman–Crippen LogP) is 2.87. The van der Waals surface area contributed by atoms with E-state index in [-0.39, 0.29) is 11.9 Å². The summed E-state index contributed by atoms with van der Waals surface area (Å²) in [6.07, 6.45) is 3.40. The third kappa shape index (κ3) is 6.58. The number of guanidine groups is 1. The first kappa shape index (κ1) is 17.4. The number of rotatable bonds is 8. The molecule has 0 heterocycles. The van der Waals surface area contributed by atoms with E-state index >= 15 is 0 Å². The number of unbranched alkanes of at least 4 members (excludes halogenated alkanes) is 2. The van der Waals surface area contributed by atoms with Crippen LogP contribution in [0.4, 0.5) is 4.39 Å². The Labute approximate surface area is 126 Å². The lowest BCUT2D eigenvalue weighted by molar-refractivity contribution is 0.106. The van der Waals surface area contributed by atoms with E-state index in [2.05, 4.69) is 22.5 Å². The highest BCUT2D eigenvalue weighted by Crippen LogP contribution is 2.15. The van der Waals surface area contributed by atoms with Crippen molar-refractivity contribution in [1.82, 2.24) is 10.6 Å². The quantitative estimate of drug-likeness (QED) is 0.440. The maximum atomic E-state index is 12.9. The number of methoxy groups -OCH3 is 1. The van der Waals surface area contributed by atoms with Gasteiger partial charge in [0.15, 0.2) is 5.96 Å². The number of hydrogen-bond donors (Lipinski definition) is 2. The molecule has 0 aliphatic rings. The number of benzene rings is 1. The van der Waals surface area contributed by atoms with E-state index < -0.39 is 0 Å². The average molecular weight is 295 g/mol. The Kier molecular flexibility index (Phi) is 8.43. The molecule has 0 radical (unpaired) electrons. The van der Waals surface area contributed by atoms with Crippen LogP contribution in [0, 0.1) is 5.82 Å². The Balaban J connectivity index is 2.44. The molecule has 0 saturated carbocycles. The molecule has 5 heteroatoms. The van der Waals surface area contributed by atoms with E-state index in [0.29, 0.717) is 6.54 Å². The van der Waals surface area contributed by atoms with Gasteiger partial charge in [-0.2, -0.15) is 0 Å². The van der Waals surface area contributed by atoms with Gasteiger partial charge in [-0.15, -0.1) is 0 Å². The summed E-state index contributed by atoms with van der Waals surface area (Å²) in [5, 5.41) is 6.50. The number of nitrogens with zero attached hydrogens (tertiary/aromatic N) is 1. The van der Waals surface area contributed by atoms with Crippen LogP contribution in [-0.4, -0.2) is 33.2 Å². The highest BCUT2D eigenvalue weighted by Gasteiger charge is 2.11. The lowest BCUT2D eigenvalue weighted by atomic mass is 10.1. The fourth-order valence-corrected chi connectivity index (χ4v) is 2.01. The number of hydrogen-bond acceptors (Lipinski definition) is 2. The van der Waals surface area contributed by atoms with E-state index in [9.17, 15) is 4.39 Å². The van der Waals surface area contributed by atoms with E-state index in [4.69, 9.17) is 4.74 Å². The summed E-state index contributed by atoms with van der Waals surface area (Å²) in [7, 11) is 3.39. The van der Waals surface area contributed by atoms with E-state index in [1.807, 2.05) is 0 Å². The first-order valence-corrected chi connectivity index (χ1v) is 7.44. The molecule has 0 spiro atoms. The third-order valence-electron chi connectivity index (χ3n) is 3.28. The smallest absolute Gasteiger partial charge is 0.191 e. The number of aliphatic imine (C=N–C) groups is 1. The van der Waals surface area contributed by atoms with Gasteiger partial charge in [-0.3, -0.25) is 4.99 Å². The number of nitrogens with one attached hydrogen (secondary N) is 2. The molecule has 0 saturated heterocycles. The second kappa shape index (κ2) is 10.2. The van der Waals surface area contributed by atoms with Crippen molar-refractivity contribution < 1.29 is 9.13 Å². The maximum Gasteiger partial charge on any atom is 0.191 e. The summed E-state index contributed by atoms with van der Waals surface area (Å²) in [5.41, 5.74) is 0.938. The first-order valence-electron chi connectivity index (χ1n) is 7.44. The highest BCUT2D eigenvalue weighted by molar-refractivity contribution is 5.79. The summed E-state index contributed by atoms with van der Waals surface area (Å²) in [6.45, 7) is 3.66. The van der Waals surface area contributed by atoms with Gasteiger partial charge in [-0.05, 0) is 24.1 Å². The predicted molar refractivity (Wildman–Crippen MR) is 85.0 cm³/mol. The summed E-state index contributed by atoms with van der Waals surface area (Å²) in [4.78, 5) is 4.18. The fraction of sp³-hybridized carbons (Fsp3) is 0.562. The van der Waals surface area contributed by atoms with Crippen molar-refractivity contribution in [2.45, 2.75) is 32.3 Å². The Morgan fingerprint density at radius 3 is 2.52 bits per heavy atom. The Hall–Kier alpha value is -1.62. The Bertz CT molecular complexity index is 420. The summed E-state index contributed by atoms with van der Waals surface area (Å²) in [5.74, 6) is 0.519. The first-order chi connectivity index (χ1) is 10.2. The molecule has 0 amide bonds. The van der Waals surface area contributed by atoms with Crippen molar-refractivity contribution in [1.29, 1.82) is 0 Å². The molecule has 21 heavy (non-hydrogen) atoms. The minimum atomic E-state index is -0.241. The van der Waals surface area contributed by atoms with Crippen LogP contribution in [0.15, 0.2) is 29.3 Å². The normalized spacial score (nSPS) is 13.0. The SMILES string of the molecule is CCCCCNC(=NC)NCC(OC)c1ccc(F)cc1. The van der Waals surface area contributed by atoms with Gasteiger partial charge in [0, 0.05) is 27.2 Å².